The highest BCUT2D eigenvalue weighted by Gasteiger charge is 2.16. The molecule has 1 aromatic carbocycles. The van der Waals surface area contributed by atoms with E-state index in [2.05, 4.69) is 26.1 Å². The molecule has 0 saturated heterocycles. The van der Waals surface area contributed by atoms with Gasteiger partial charge >= 0.3 is 5.97 Å². The van der Waals surface area contributed by atoms with Crippen LogP contribution in [0.2, 0.25) is 5.02 Å². The van der Waals surface area contributed by atoms with Crippen LogP contribution in [0.4, 0.5) is 0 Å². The van der Waals surface area contributed by atoms with Gasteiger partial charge in [0.15, 0.2) is 6.10 Å². The SMILES string of the molecule is CC(Oc1ccc(Cl)cc1CNC(C)(C)C)C(=O)O. The second kappa shape index (κ2) is 6.26. The number of benzene rings is 1. The van der Waals surface area contributed by atoms with Crippen molar-refractivity contribution in [3.63, 3.8) is 0 Å². The van der Waals surface area contributed by atoms with Crippen molar-refractivity contribution in [1.82, 2.24) is 5.32 Å². The summed E-state index contributed by atoms with van der Waals surface area (Å²) in [5, 5.41) is 12.8. The Bertz CT molecular complexity index is 454. The van der Waals surface area contributed by atoms with Crippen molar-refractivity contribution in [1.29, 1.82) is 0 Å². The van der Waals surface area contributed by atoms with Crippen molar-refractivity contribution in [2.75, 3.05) is 0 Å². The number of hydrogen-bond donors (Lipinski definition) is 2. The molecule has 0 spiro atoms. The van der Waals surface area contributed by atoms with Crippen LogP contribution in [0.1, 0.15) is 33.3 Å². The monoisotopic (exact) mass is 285 g/mol. The zero-order valence-electron chi connectivity index (χ0n) is 11.7. The largest absolute Gasteiger partial charge is 0.479 e. The summed E-state index contributed by atoms with van der Waals surface area (Å²) in [7, 11) is 0. The standard InChI is InChI=1S/C14H20ClNO3/c1-9(13(17)18)19-12-6-5-11(15)7-10(12)8-16-14(2,3)4/h5-7,9,16H,8H2,1-4H3,(H,17,18). The summed E-state index contributed by atoms with van der Waals surface area (Å²) < 4.78 is 5.43. The first-order chi connectivity index (χ1) is 8.69. The van der Waals surface area contributed by atoms with Crippen LogP contribution in [0.3, 0.4) is 0 Å². The fraction of sp³-hybridized carbons (Fsp3) is 0.500. The Balaban J connectivity index is 2.88. The van der Waals surface area contributed by atoms with Crippen molar-refractivity contribution in [2.45, 2.75) is 45.9 Å². The highest BCUT2D eigenvalue weighted by molar-refractivity contribution is 6.30. The molecule has 2 N–H and O–H groups in total. The van der Waals surface area contributed by atoms with E-state index in [1.54, 1.807) is 18.2 Å². The number of rotatable bonds is 5. The van der Waals surface area contributed by atoms with E-state index >= 15 is 0 Å². The minimum absolute atomic E-state index is 0.0436. The number of carboxylic acids is 1. The molecule has 0 aliphatic carbocycles. The molecule has 0 aliphatic rings. The smallest absolute Gasteiger partial charge is 0.344 e. The maximum Gasteiger partial charge on any atom is 0.344 e. The fourth-order valence-corrected chi connectivity index (χ4v) is 1.60. The number of carboxylic acid groups (broad SMARTS) is 1. The molecule has 1 unspecified atom stereocenters. The molecule has 106 valence electrons. The number of carbonyl (C=O) groups is 1. The van der Waals surface area contributed by atoms with Gasteiger partial charge in [0, 0.05) is 22.7 Å². The van der Waals surface area contributed by atoms with E-state index in [4.69, 9.17) is 21.4 Å². The molecule has 1 atom stereocenters. The summed E-state index contributed by atoms with van der Waals surface area (Å²) in [6.45, 7) is 8.22. The second-order valence-corrected chi connectivity index (χ2v) is 5.89. The van der Waals surface area contributed by atoms with Crippen LogP contribution in [0.15, 0.2) is 18.2 Å². The van der Waals surface area contributed by atoms with Crippen LogP contribution in [0.25, 0.3) is 0 Å². The lowest BCUT2D eigenvalue weighted by Gasteiger charge is -2.22. The molecule has 0 aromatic heterocycles. The first-order valence-electron chi connectivity index (χ1n) is 6.12. The first-order valence-corrected chi connectivity index (χ1v) is 6.50. The molecule has 0 aliphatic heterocycles. The van der Waals surface area contributed by atoms with Gasteiger partial charge in [0.2, 0.25) is 0 Å². The van der Waals surface area contributed by atoms with Gasteiger partial charge in [0.05, 0.1) is 0 Å². The van der Waals surface area contributed by atoms with Crippen LogP contribution in [-0.2, 0) is 11.3 Å². The van der Waals surface area contributed by atoms with Gasteiger partial charge in [-0.3, -0.25) is 0 Å². The lowest BCUT2D eigenvalue weighted by molar-refractivity contribution is -0.144. The van der Waals surface area contributed by atoms with E-state index in [0.717, 1.165) is 5.56 Å². The average Bonchev–Trinajstić information content (AvgIpc) is 2.28. The summed E-state index contributed by atoms with van der Waals surface area (Å²) in [6.07, 6.45) is -0.894. The van der Waals surface area contributed by atoms with Gasteiger partial charge < -0.3 is 15.2 Å². The van der Waals surface area contributed by atoms with E-state index in [9.17, 15) is 4.79 Å². The van der Waals surface area contributed by atoms with E-state index in [-0.39, 0.29) is 5.54 Å². The Morgan fingerprint density at radius 3 is 2.63 bits per heavy atom. The number of ether oxygens (including phenoxy) is 1. The minimum atomic E-state index is -0.996. The molecule has 5 heteroatoms. The van der Waals surface area contributed by atoms with Crippen LogP contribution >= 0.6 is 11.6 Å². The summed E-state index contributed by atoms with van der Waals surface area (Å²) in [5.41, 5.74) is 0.799. The fourth-order valence-electron chi connectivity index (χ4n) is 1.40. The molecule has 4 nitrogen and oxygen atoms in total. The molecule has 0 radical (unpaired) electrons. The molecule has 0 amide bonds. The zero-order chi connectivity index (χ0) is 14.6. The third kappa shape index (κ3) is 5.49. The van der Waals surface area contributed by atoms with Crippen molar-refractivity contribution in [3.8, 4) is 5.75 Å². The molecular weight excluding hydrogens is 266 g/mol. The van der Waals surface area contributed by atoms with Gasteiger partial charge in [-0.15, -0.1) is 0 Å². The van der Waals surface area contributed by atoms with E-state index in [0.29, 0.717) is 17.3 Å². The third-order valence-electron chi connectivity index (χ3n) is 2.48. The summed E-state index contributed by atoms with van der Waals surface area (Å²) in [4.78, 5) is 10.8. The predicted molar refractivity (Wildman–Crippen MR) is 75.8 cm³/mol. The summed E-state index contributed by atoms with van der Waals surface area (Å²) >= 11 is 5.97. The van der Waals surface area contributed by atoms with Gasteiger partial charge in [0.1, 0.15) is 5.75 Å². The van der Waals surface area contributed by atoms with Gasteiger partial charge in [-0.2, -0.15) is 0 Å². The van der Waals surface area contributed by atoms with Crippen molar-refractivity contribution >= 4 is 17.6 Å². The Kier molecular flexibility index (Phi) is 5.20. The van der Waals surface area contributed by atoms with Crippen molar-refractivity contribution in [2.24, 2.45) is 0 Å². The van der Waals surface area contributed by atoms with Crippen LogP contribution < -0.4 is 10.1 Å². The van der Waals surface area contributed by atoms with Gasteiger partial charge in [-0.25, -0.2) is 4.79 Å². The number of halogens is 1. The van der Waals surface area contributed by atoms with Crippen LogP contribution in [0, 0.1) is 0 Å². The normalized spacial score (nSPS) is 13.1. The van der Waals surface area contributed by atoms with Crippen LogP contribution in [-0.4, -0.2) is 22.7 Å². The van der Waals surface area contributed by atoms with Gasteiger partial charge in [-0.05, 0) is 45.9 Å². The van der Waals surface area contributed by atoms with Crippen molar-refractivity contribution in [3.05, 3.63) is 28.8 Å². The van der Waals surface area contributed by atoms with Crippen molar-refractivity contribution < 1.29 is 14.6 Å². The molecule has 1 aromatic rings. The average molecular weight is 286 g/mol. The van der Waals surface area contributed by atoms with E-state index in [1.807, 2.05) is 0 Å². The number of aliphatic carboxylic acids is 1. The molecule has 19 heavy (non-hydrogen) atoms. The molecule has 1 rings (SSSR count). The number of nitrogens with one attached hydrogen (secondary N) is 1. The summed E-state index contributed by atoms with van der Waals surface area (Å²) in [5.74, 6) is -0.458. The summed E-state index contributed by atoms with van der Waals surface area (Å²) in [6, 6.07) is 5.16. The Morgan fingerprint density at radius 1 is 1.47 bits per heavy atom. The topological polar surface area (TPSA) is 58.6 Å². The van der Waals surface area contributed by atoms with E-state index in [1.165, 1.54) is 6.92 Å². The second-order valence-electron chi connectivity index (χ2n) is 5.45. The maximum atomic E-state index is 10.8. The van der Waals surface area contributed by atoms with Crippen LogP contribution in [0.5, 0.6) is 5.75 Å². The predicted octanol–water partition coefficient (Wildman–Crippen LogP) is 3.08. The number of hydrogen-bond acceptors (Lipinski definition) is 3. The quantitative estimate of drug-likeness (QED) is 0.873. The highest BCUT2D eigenvalue weighted by atomic mass is 35.5. The molecule has 0 bridgehead atoms. The molecular formula is C14H20ClNO3. The zero-order valence-corrected chi connectivity index (χ0v) is 12.4. The lowest BCUT2D eigenvalue weighted by Crippen LogP contribution is -2.35. The highest BCUT2D eigenvalue weighted by Crippen LogP contribution is 2.24. The van der Waals surface area contributed by atoms with E-state index < -0.39 is 12.1 Å². The molecule has 0 saturated carbocycles. The Morgan fingerprint density at radius 2 is 2.11 bits per heavy atom. The Hall–Kier alpha value is -1.26. The third-order valence-corrected chi connectivity index (χ3v) is 2.72. The maximum absolute atomic E-state index is 10.8. The lowest BCUT2D eigenvalue weighted by atomic mass is 10.1. The molecule has 0 fully saturated rings. The molecule has 0 heterocycles. The first kappa shape index (κ1) is 15.8. The van der Waals surface area contributed by atoms with Gasteiger partial charge in [0.25, 0.3) is 0 Å². The van der Waals surface area contributed by atoms with Gasteiger partial charge in [-0.1, -0.05) is 11.6 Å². The minimum Gasteiger partial charge on any atom is -0.479 e. The Labute approximate surface area is 118 Å².